The highest BCUT2D eigenvalue weighted by Crippen LogP contribution is 2.32. The van der Waals surface area contributed by atoms with Gasteiger partial charge in [-0.3, -0.25) is 9.55 Å². The normalized spacial score (nSPS) is 12.7. The lowest BCUT2D eigenvalue weighted by molar-refractivity contribution is -0.152. The SMILES string of the molecule is CCCn1c(C(Oc2ccc(OC(C)(C)C(=O)O)c(C)c2)c2cccnc2)nn(-c2ccc(C(F)(F)F)cc2)c1=O. The molecular formula is C29H29F3N4O5. The topological polar surface area (TPSA) is 108 Å². The molecule has 12 heteroatoms. The Hall–Kier alpha value is -4.61. The first kappa shape index (κ1) is 29.4. The van der Waals surface area contributed by atoms with Crippen LogP contribution in [-0.4, -0.2) is 36.0 Å². The number of pyridine rings is 1. The van der Waals surface area contributed by atoms with Gasteiger partial charge in [-0.05, 0) is 81.3 Å². The third-order valence-corrected chi connectivity index (χ3v) is 6.28. The fourth-order valence-electron chi connectivity index (χ4n) is 4.06. The number of nitrogens with zero attached hydrogens (tertiary/aromatic N) is 4. The summed E-state index contributed by atoms with van der Waals surface area (Å²) in [4.78, 5) is 29.1. The van der Waals surface area contributed by atoms with Gasteiger partial charge in [0.1, 0.15) is 11.5 Å². The Bertz CT molecular complexity index is 1580. The predicted octanol–water partition coefficient (Wildman–Crippen LogP) is 5.58. The maximum absolute atomic E-state index is 13.4. The zero-order chi connectivity index (χ0) is 29.9. The summed E-state index contributed by atoms with van der Waals surface area (Å²) < 4.78 is 53.8. The lowest BCUT2D eigenvalue weighted by Crippen LogP contribution is -2.38. The number of halogens is 3. The minimum absolute atomic E-state index is 0.169. The summed E-state index contributed by atoms with van der Waals surface area (Å²) >= 11 is 0. The molecule has 0 fully saturated rings. The number of carbonyl (C=O) groups is 1. The van der Waals surface area contributed by atoms with Crippen LogP contribution in [0.1, 0.15) is 55.8 Å². The number of benzene rings is 2. The highest BCUT2D eigenvalue weighted by atomic mass is 19.4. The molecule has 1 atom stereocenters. The van der Waals surface area contributed by atoms with Crippen LogP contribution >= 0.6 is 0 Å². The van der Waals surface area contributed by atoms with E-state index in [9.17, 15) is 27.9 Å². The molecule has 41 heavy (non-hydrogen) atoms. The van der Waals surface area contributed by atoms with E-state index in [1.807, 2.05) is 6.92 Å². The van der Waals surface area contributed by atoms with Crippen molar-refractivity contribution in [2.75, 3.05) is 0 Å². The van der Waals surface area contributed by atoms with Gasteiger partial charge in [0.05, 0.1) is 11.3 Å². The molecule has 0 aliphatic rings. The molecule has 1 unspecified atom stereocenters. The molecule has 0 aliphatic heterocycles. The predicted molar refractivity (Wildman–Crippen MR) is 143 cm³/mol. The fourth-order valence-corrected chi connectivity index (χ4v) is 4.06. The molecule has 0 amide bonds. The standard InChI is InChI=1S/C29H29F3N4O5/c1-5-15-35-25(34-36(27(35)39)21-10-8-20(9-11-21)29(30,31)32)24(19-7-6-14-33-17-19)40-22-12-13-23(18(2)16-22)41-28(3,4)26(37)38/h6-14,16-17,24H,5,15H2,1-4H3,(H,37,38). The molecular weight excluding hydrogens is 541 g/mol. The fraction of sp³-hybridized carbons (Fsp3) is 0.310. The minimum atomic E-state index is -4.52. The third kappa shape index (κ3) is 6.42. The van der Waals surface area contributed by atoms with Crippen LogP contribution < -0.4 is 15.2 Å². The number of carboxylic acid groups (broad SMARTS) is 1. The molecule has 9 nitrogen and oxygen atoms in total. The molecule has 2 aromatic carbocycles. The van der Waals surface area contributed by atoms with E-state index < -0.39 is 35.1 Å². The van der Waals surface area contributed by atoms with Gasteiger partial charge in [-0.15, -0.1) is 5.10 Å². The Morgan fingerprint density at radius 3 is 2.37 bits per heavy atom. The van der Waals surface area contributed by atoms with Crippen molar-refractivity contribution in [3.63, 3.8) is 0 Å². The maximum atomic E-state index is 13.4. The Kier molecular flexibility index (Phi) is 8.22. The van der Waals surface area contributed by atoms with Crippen LogP contribution in [0.2, 0.25) is 0 Å². The van der Waals surface area contributed by atoms with Crippen molar-refractivity contribution in [2.45, 2.75) is 58.5 Å². The molecule has 0 spiro atoms. The smallest absolute Gasteiger partial charge is 0.416 e. The molecule has 0 saturated carbocycles. The van der Waals surface area contributed by atoms with Gasteiger partial charge in [-0.2, -0.15) is 17.9 Å². The van der Waals surface area contributed by atoms with E-state index in [1.54, 1.807) is 49.6 Å². The number of aliphatic carboxylic acids is 1. The van der Waals surface area contributed by atoms with Gasteiger partial charge < -0.3 is 14.6 Å². The zero-order valence-electron chi connectivity index (χ0n) is 22.8. The van der Waals surface area contributed by atoms with E-state index in [-0.39, 0.29) is 18.1 Å². The van der Waals surface area contributed by atoms with E-state index >= 15 is 0 Å². The van der Waals surface area contributed by atoms with Crippen molar-refractivity contribution >= 4 is 5.97 Å². The number of ether oxygens (including phenoxy) is 2. The number of aromatic nitrogens is 4. The highest BCUT2D eigenvalue weighted by Gasteiger charge is 2.32. The number of hydrogen-bond donors (Lipinski definition) is 1. The van der Waals surface area contributed by atoms with Crippen LogP contribution in [0.4, 0.5) is 13.2 Å². The first-order valence-electron chi connectivity index (χ1n) is 12.8. The summed E-state index contributed by atoms with van der Waals surface area (Å²) in [7, 11) is 0. The lowest BCUT2D eigenvalue weighted by atomic mass is 10.1. The van der Waals surface area contributed by atoms with Crippen LogP contribution in [0, 0.1) is 6.92 Å². The van der Waals surface area contributed by atoms with Crippen molar-refractivity contribution < 1.29 is 32.5 Å². The van der Waals surface area contributed by atoms with Crippen molar-refractivity contribution in [1.29, 1.82) is 0 Å². The monoisotopic (exact) mass is 570 g/mol. The second-order valence-corrected chi connectivity index (χ2v) is 9.88. The van der Waals surface area contributed by atoms with Crippen LogP contribution in [0.3, 0.4) is 0 Å². The number of carboxylic acids is 1. The average Bonchev–Trinajstić information content (AvgIpc) is 3.24. The Morgan fingerprint density at radius 1 is 1.10 bits per heavy atom. The van der Waals surface area contributed by atoms with E-state index in [4.69, 9.17) is 9.47 Å². The number of rotatable bonds is 10. The van der Waals surface area contributed by atoms with Gasteiger partial charge in [-0.25, -0.2) is 9.59 Å². The summed E-state index contributed by atoms with van der Waals surface area (Å²) in [5.41, 5.74) is -1.46. The zero-order valence-corrected chi connectivity index (χ0v) is 22.8. The third-order valence-electron chi connectivity index (χ3n) is 6.28. The molecule has 216 valence electrons. The van der Waals surface area contributed by atoms with E-state index in [0.717, 1.165) is 16.8 Å². The largest absolute Gasteiger partial charge is 0.478 e. The molecule has 0 bridgehead atoms. The first-order valence-corrected chi connectivity index (χ1v) is 12.8. The van der Waals surface area contributed by atoms with Crippen molar-refractivity contribution in [1.82, 2.24) is 19.3 Å². The quantitative estimate of drug-likeness (QED) is 0.265. The van der Waals surface area contributed by atoms with Gasteiger partial charge in [0, 0.05) is 24.5 Å². The minimum Gasteiger partial charge on any atom is -0.478 e. The number of alkyl halides is 3. The van der Waals surface area contributed by atoms with Crippen LogP contribution in [0.15, 0.2) is 71.8 Å². The molecule has 4 rings (SSSR count). The van der Waals surface area contributed by atoms with Gasteiger partial charge in [0.2, 0.25) is 0 Å². The van der Waals surface area contributed by atoms with Crippen molar-refractivity contribution in [3.05, 3.63) is 100.0 Å². The van der Waals surface area contributed by atoms with Crippen molar-refractivity contribution in [2.24, 2.45) is 0 Å². The van der Waals surface area contributed by atoms with Crippen LogP contribution in [-0.2, 0) is 17.5 Å². The van der Waals surface area contributed by atoms with E-state index in [0.29, 0.717) is 29.0 Å². The summed E-state index contributed by atoms with van der Waals surface area (Å²) in [6.45, 7) is 6.79. The Morgan fingerprint density at radius 2 is 1.80 bits per heavy atom. The maximum Gasteiger partial charge on any atom is 0.416 e. The molecule has 2 heterocycles. The average molecular weight is 571 g/mol. The molecule has 0 aliphatic carbocycles. The lowest BCUT2D eigenvalue weighted by Gasteiger charge is -2.24. The second kappa shape index (κ2) is 11.5. The second-order valence-electron chi connectivity index (χ2n) is 9.88. The Labute approximate surface area is 233 Å². The molecule has 2 aromatic heterocycles. The van der Waals surface area contributed by atoms with Crippen LogP contribution in [0.25, 0.3) is 5.69 Å². The Balaban J connectivity index is 1.77. The molecule has 1 N–H and O–H groups in total. The van der Waals surface area contributed by atoms with Gasteiger partial charge in [0.15, 0.2) is 17.5 Å². The number of aryl methyl sites for hydroxylation is 1. The highest BCUT2D eigenvalue weighted by molar-refractivity contribution is 5.76. The molecule has 0 radical (unpaired) electrons. The summed E-state index contributed by atoms with van der Waals surface area (Å²) in [6.07, 6.45) is -1.70. The summed E-state index contributed by atoms with van der Waals surface area (Å²) in [5, 5.41) is 13.9. The van der Waals surface area contributed by atoms with E-state index in [1.165, 1.54) is 30.5 Å². The van der Waals surface area contributed by atoms with Gasteiger partial charge in [0.25, 0.3) is 0 Å². The van der Waals surface area contributed by atoms with Crippen molar-refractivity contribution in [3.8, 4) is 17.2 Å². The summed E-state index contributed by atoms with van der Waals surface area (Å²) in [6, 6.07) is 12.5. The van der Waals surface area contributed by atoms with Crippen LogP contribution in [0.5, 0.6) is 11.5 Å². The van der Waals surface area contributed by atoms with E-state index in [2.05, 4.69) is 10.1 Å². The molecule has 0 saturated heterocycles. The molecule has 4 aromatic rings. The van der Waals surface area contributed by atoms with Gasteiger partial charge >= 0.3 is 17.8 Å². The summed E-state index contributed by atoms with van der Waals surface area (Å²) in [5.74, 6) is -0.144. The van der Waals surface area contributed by atoms with Gasteiger partial charge in [-0.1, -0.05) is 13.0 Å². The first-order chi connectivity index (χ1) is 19.3. The number of hydrogen-bond acceptors (Lipinski definition) is 6.